The van der Waals surface area contributed by atoms with E-state index < -0.39 is 0 Å². The molecule has 5 nitrogen and oxygen atoms in total. The molecule has 21 heavy (non-hydrogen) atoms. The van der Waals surface area contributed by atoms with E-state index >= 15 is 0 Å². The molecule has 0 saturated carbocycles. The van der Waals surface area contributed by atoms with Crippen LogP contribution in [0.25, 0.3) is 6.08 Å². The van der Waals surface area contributed by atoms with E-state index in [0.29, 0.717) is 22.9 Å². The Balaban J connectivity index is 1.80. The van der Waals surface area contributed by atoms with Gasteiger partial charge >= 0.3 is 0 Å². The summed E-state index contributed by atoms with van der Waals surface area (Å²) in [6, 6.07) is 5.45. The molecule has 1 fully saturated rings. The Morgan fingerprint density at radius 1 is 1.29 bits per heavy atom. The number of fused-ring (bicyclic) bond motifs is 1. The van der Waals surface area contributed by atoms with E-state index in [4.69, 9.17) is 9.47 Å². The number of amides is 2. The maximum absolute atomic E-state index is 12.2. The van der Waals surface area contributed by atoms with E-state index in [1.165, 1.54) is 4.90 Å². The third-order valence-electron chi connectivity index (χ3n) is 3.30. The first kappa shape index (κ1) is 14.0. The number of benzene rings is 1. The van der Waals surface area contributed by atoms with Gasteiger partial charge in [0.25, 0.3) is 11.1 Å². The SMILES string of the molecule is CCCCN1C(=O)S/C(=C\c2ccc3c(c2)OCO3)C1=O. The van der Waals surface area contributed by atoms with Gasteiger partial charge in [-0.2, -0.15) is 0 Å². The highest BCUT2D eigenvalue weighted by Crippen LogP contribution is 2.36. The summed E-state index contributed by atoms with van der Waals surface area (Å²) in [7, 11) is 0. The predicted molar refractivity (Wildman–Crippen MR) is 80.2 cm³/mol. The summed E-state index contributed by atoms with van der Waals surface area (Å²) in [5, 5.41) is -0.194. The quantitative estimate of drug-likeness (QED) is 0.799. The highest BCUT2D eigenvalue weighted by Gasteiger charge is 2.34. The average Bonchev–Trinajstić information content (AvgIpc) is 3.03. The van der Waals surface area contributed by atoms with Gasteiger partial charge < -0.3 is 9.47 Å². The zero-order valence-electron chi connectivity index (χ0n) is 11.6. The summed E-state index contributed by atoms with van der Waals surface area (Å²) < 4.78 is 10.6. The molecule has 2 heterocycles. The standard InChI is InChI=1S/C15H15NO4S/c1-2-3-6-16-14(17)13(21-15(16)18)8-10-4-5-11-12(7-10)20-9-19-11/h4-5,7-8H,2-3,6,9H2,1H3/b13-8-. The van der Waals surface area contributed by atoms with Crippen molar-refractivity contribution in [1.29, 1.82) is 0 Å². The zero-order chi connectivity index (χ0) is 14.8. The Morgan fingerprint density at radius 2 is 2.10 bits per heavy atom. The lowest BCUT2D eigenvalue weighted by molar-refractivity contribution is -0.122. The van der Waals surface area contributed by atoms with Crippen molar-refractivity contribution in [3.63, 3.8) is 0 Å². The molecule has 0 aliphatic carbocycles. The molecule has 110 valence electrons. The Morgan fingerprint density at radius 3 is 2.90 bits per heavy atom. The van der Waals surface area contributed by atoms with Crippen LogP contribution in [0, 0.1) is 0 Å². The van der Waals surface area contributed by atoms with Crippen molar-refractivity contribution in [2.45, 2.75) is 19.8 Å². The normalized spacial score (nSPS) is 18.9. The number of carbonyl (C=O) groups excluding carboxylic acids is 2. The third-order valence-corrected chi connectivity index (χ3v) is 4.21. The minimum Gasteiger partial charge on any atom is -0.454 e. The number of thioether (sulfide) groups is 1. The number of carbonyl (C=O) groups is 2. The Kier molecular flexibility index (Phi) is 3.88. The minimum absolute atomic E-state index is 0.194. The van der Waals surface area contributed by atoms with Crippen molar-refractivity contribution in [1.82, 2.24) is 4.90 Å². The van der Waals surface area contributed by atoms with Gasteiger partial charge in [0.1, 0.15) is 0 Å². The second-order valence-corrected chi connectivity index (χ2v) is 5.79. The first-order chi connectivity index (χ1) is 10.2. The van der Waals surface area contributed by atoms with E-state index in [2.05, 4.69) is 0 Å². The van der Waals surface area contributed by atoms with E-state index in [0.717, 1.165) is 30.2 Å². The number of rotatable bonds is 4. The van der Waals surface area contributed by atoms with Gasteiger partial charge in [0.05, 0.1) is 4.91 Å². The monoisotopic (exact) mass is 305 g/mol. The van der Waals surface area contributed by atoms with Gasteiger partial charge in [-0.25, -0.2) is 0 Å². The van der Waals surface area contributed by atoms with Crippen LogP contribution in [0.3, 0.4) is 0 Å². The van der Waals surface area contributed by atoms with Crippen LogP contribution < -0.4 is 9.47 Å². The topological polar surface area (TPSA) is 55.8 Å². The molecule has 0 spiro atoms. The molecule has 0 atom stereocenters. The summed E-state index contributed by atoms with van der Waals surface area (Å²) in [4.78, 5) is 25.8. The molecular weight excluding hydrogens is 290 g/mol. The van der Waals surface area contributed by atoms with Gasteiger partial charge in [-0.1, -0.05) is 19.4 Å². The van der Waals surface area contributed by atoms with Gasteiger partial charge in [-0.05, 0) is 42.0 Å². The second-order valence-electron chi connectivity index (χ2n) is 4.80. The zero-order valence-corrected chi connectivity index (χ0v) is 12.4. The second kappa shape index (κ2) is 5.81. The van der Waals surface area contributed by atoms with Crippen molar-refractivity contribution < 1.29 is 19.1 Å². The highest BCUT2D eigenvalue weighted by atomic mass is 32.2. The van der Waals surface area contributed by atoms with Gasteiger partial charge in [0.15, 0.2) is 11.5 Å². The Labute approximate surface area is 126 Å². The molecule has 1 aromatic rings. The fourth-order valence-electron chi connectivity index (χ4n) is 2.16. The van der Waals surface area contributed by atoms with E-state index in [9.17, 15) is 9.59 Å². The predicted octanol–water partition coefficient (Wildman–Crippen LogP) is 3.25. The molecule has 6 heteroatoms. The number of hydrogen-bond donors (Lipinski definition) is 0. The van der Waals surface area contributed by atoms with Crippen LogP contribution in [0.1, 0.15) is 25.3 Å². The molecule has 0 N–H and O–H groups in total. The first-order valence-corrected chi connectivity index (χ1v) is 7.65. The number of ether oxygens (including phenoxy) is 2. The van der Waals surface area contributed by atoms with E-state index in [1.54, 1.807) is 12.1 Å². The van der Waals surface area contributed by atoms with Gasteiger partial charge in [-0.3, -0.25) is 14.5 Å². The lowest BCUT2D eigenvalue weighted by Crippen LogP contribution is -2.29. The lowest BCUT2D eigenvalue weighted by Gasteiger charge is -2.10. The van der Waals surface area contributed by atoms with Crippen LogP contribution >= 0.6 is 11.8 Å². The molecule has 3 rings (SSSR count). The van der Waals surface area contributed by atoms with Crippen LogP contribution in [-0.2, 0) is 4.79 Å². The molecule has 1 aromatic carbocycles. The maximum Gasteiger partial charge on any atom is 0.293 e. The van der Waals surface area contributed by atoms with Gasteiger partial charge in [0.2, 0.25) is 6.79 Å². The number of imide groups is 1. The molecule has 2 aliphatic rings. The fraction of sp³-hybridized carbons (Fsp3) is 0.333. The van der Waals surface area contributed by atoms with Crippen LogP contribution in [0.5, 0.6) is 11.5 Å². The third kappa shape index (κ3) is 2.76. The van der Waals surface area contributed by atoms with Crippen molar-refractivity contribution in [2.24, 2.45) is 0 Å². The molecule has 2 amide bonds. The smallest absolute Gasteiger partial charge is 0.293 e. The fourth-order valence-corrected chi connectivity index (χ4v) is 3.03. The number of unbranched alkanes of at least 4 members (excludes halogenated alkanes) is 1. The van der Waals surface area contributed by atoms with Crippen molar-refractivity contribution in [2.75, 3.05) is 13.3 Å². The maximum atomic E-state index is 12.2. The summed E-state index contributed by atoms with van der Waals surface area (Å²) in [5.74, 6) is 1.15. The molecule has 0 bridgehead atoms. The average molecular weight is 305 g/mol. The largest absolute Gasteiger partial charge is 0.454 e. The molecular formula is C15H15NO4S. The number of nitrogens with zero attached hydrogens (tertiary/aromatic N) is 1. The summed E-state index contributed by atoms with van der Waals surface area (Å²) in [6.45, 7) is 2.73. The molecule has 2 aliphatic heterocycles. The summed E-state index contributed by atoms with van der Waals surface area (Å²) in [5.41, 5.74) is 0.820. The van der Waals surface area contributed by atoms with Gasteiger partial charge in [0, 0.05) is 6.54 Å². The van der Waals surface area contributed by atoms with Crippen molar-refractivity contribution >= 4 is 29.0 Å². The highest BCUT2D eigenvalue weighted by molar-refractivity contribution is 8.18. The minimum atomic E-state index is -0.212. The molecule has 1 saturated heterocycles. The van der Waals surface area contributed by atoms with Crippen LogP contribution in [0.2, 0.25) is 0 Å². The summed E-state index contributed by atoms with van der Waals surface area (Å²) >= 11 is 0.987. The molecule has 0 radical (unpaired) electrons. The van der Waals surface area contributed by atoms with Crippen molar-refractivity contribution in [3.8, 4) is 11.5 Å². The number of hydrogen-bond acceptors (Lipinski definition) is 5. The first-order valence-electron chi connectivity index (χ1n) is 6.84. The van der Waals surface area contributed by atoms with Crippen LogP contribution in [0.4, 0.5) is 4.79 Å². The lowest BCUT2D eigenvalue weighted by atomic mass is 10.2. The van der Waals surface area contributed by atoms with Crippen LogP contribution in [0.15, 0.2) is 23.1 Å². The van der Waals surface area contributed by atoms with Crippen molar-refractivity contribution in [3.05, 3.63) is 28.7 Å². The van der Waals surface area contributed by atoms with Crippen LogP contribution in [-0.4, -0.2) is 29.4 Å². The molecule has 0 aromatic heterocycles. The molecule has 0 unspecified atom stereocenters. The Bertz CT molecular complexity index is 626. The Hall–Kier alpha value is -1.95. The van der Waals surface area contributed by atoms with Gasteiger partial charge in [-0.15, -0.1) is 0 Å². The van der Waals surface area contributed by atoms with E-state index in [-0.39, 0.29) is 17.9 Å². The summed E-state index contributed by atoms with van der Waals surface area (Å²) in [6.07, 6.45) is 3.50. The van der Waals surface area contributed by atoms with E-state index in [1.807, 2.05) is 19.1 Å².